The van der Waals surface area contributed by atoms with Crippen LogP contribution in [0.4, 0.5) is 5.95 Å². The number of aromatic nitrogens is 4. The van der Waals surface area contributed by atoms with Gasteiger partial charge in [0.15, 0.2) is 0 Å². The van der Waals surface area contributed by atoms with Gasteiger partial charge in [-0.25, -0.2) is 5.43 Å². The molecule has 0 fully saturated rings. The van der Waals surface area contributed by atoms with E-state index in [1.54, 1.807) is 12.4 Å². The third-order valence-corrected chi connectivity index (χ3v) is 2.12. The monoisotopic (exact) mass is 234 g/mol. The van der Waals surface area contributed by atoms with Crippen molar-refractivity contribution in [1.82, 2.24) is 20.2 Å². The molecule has 0 amide bonds. The molecule has 0 aliphatic carbocycles. The Kier molecular flexibility index (Phi) is 3.06. The highest BCUT2D eigenvalue weighted by Crippen LogP contribution is 2.00. The van der Waals surface area contributed by atoms with Crippen LogP contribution in [0.2, 0.25) is 0 Å². The molecular formula is C9H10N6S. The van der Waals surface area contributed by atoms with Crippen LogP contribution < -0.4 is 5.43 Å². The third-order valence-electron chi connectivity index (χ3n) is 1.93. The second-order valence-electron chi connectivity index (χ2n) is 3.06. The van der Waals surface area contributed by atoms with Crippen molar-refractivity contribution in [3.05, 3.63) is 34.9 Å². The quantitative estimate of drug-likeness (QED) is 0.429. The van der Waals surface area contributed by atoms with Gasteiger partial charge in [-0.1, -0.05) is 0 Å². The Morgan fingerprint density at radius 1 is 1.38 bits per heavy atom. The van der Waals surface area contributed by atoms with E-state index in [0.717, 1.165) is 11.3 Å². The summed E-state index contributed by atoms with van der Waals surface area (Å²) >= 11 is 4.81. The number of hydrogen-bond donors (Lipinski definition) is 3. The highest BCUT2D eigenvalue weighted by molar-refractivity contribution is 7.71. The number of nitrogens with zero attached hydrogens (tertiary/aromatic N) is 3. The zero-order valence-corrected chi connectivity index (χ0v) is 9.38. The summed E-state index contributed by atoms with van der Waals surface area (Å²) in [6.07, 6.45) is 3.44. The average Bonchev–Trinajstić information content (AvgIpc) is 2.73. The smallest absolute Gasteiger partial charge is 0.238 e. The van der Waals surface area contributed by atoms with Gasteiger partial charge in [0.25, 0.3) is 0 Å². The van der Waals surface area contributed by atoms with Crippen LogP contribution in [0.3, 0.4) is 0 Å². The maximum atomic E-state index is 4.81. The molecule has 0 radical (unpaired) electrons. The minimum Gasteiger partial charge on any atom is -0.272 e. The van der Waals surface area contributed by atoms with Crippen LogP contribution in [0.1, 0.15) is 12.5 Å². The fourth-order valence-corrected chi connectivity index (χ4v) is 1.26. The molecule has 2 heterocycles. The number of hydrogen-bond acceptors (Lipinski definition) is 5. The molecule has 16 heavy (non-hydrogen) atoms. The maximum Gasteiger partial charge on any atom is 0.238 e. The SMILES string of the molecule is C/C(=N\Nc1nc(=S)[nH][nH]1)c1ccncc1. The van der Waals surface area contributed by atoms with Crippen LogP contribution in [-0.2, 0) is 0 Å². The number of nitrogens with one attached hydrogen (secondary N) is 3. The summed E-state index contributed by atoms with van der Waals surface area (Å²) in [4.78, 5) is 7.89. The second kappa shape index (κ2) is 4.67. The summed E-state index contributed by atoms with van der Waals surface area (Å²) in [5.41, 5.74) is 4.60. The van der Waals surface area contributed by atoms with Gasteiger partial charge in [0, 0.05) is 18.0 Å². The molecule has 0 aromatic carbocycles. The van der Waals surface area contributed by atoms with E-state index in [0.29, 0.717) is 10.7 Å². The minimum atomic E-state index is 0.388. The van der Waals surface area contributed by atoms with Gasteiger partial charge in [0.05, 0.1) is 5.71 Å². The lowest BCUT2D eigenvalue weighted by atomic mass is 10.2. The highest BCUT2D eigenvalue weighted by Gasteiger charge is 1.97. The first-order chi connectivity index (χ1) is 7.75. The fraction of sp³-hybridized carbons (Fsp3) is 0.111. The van der Waals surface area contributed by atoms with Gasteiger partial charge in [0.2, 0.25) is 10.7 Å². The van der Waals surface area contributed by atoms with Crippen molar-refractivity contribution < 1.29 is 0 Å². The van der Waals surface area contributed by atoms with Crippen molar-refractivity contribution >= 4 is 23.9 Å². The zero-order chi connectivity index (χ0) is 11.4. The van der Waals surface area contributed by atoms with Crippen LogP contribution in [0.25, 0.3) is 0 Å². The Morgan fingerprint density at radius 2 is 2.12 bits per heavy atom. The molecule has 6 nitrogen and oxygen atoms in total. The Bertz CT molecular complexity index is 540. The Labute approximate surface area is 96.8 Å². The van der Waals surface area contributed by atoms with Gasteiger partial charge in [-0.05, 0) is 31.3 Å². The molecule has 2 aromatic heterocycles. The number of anilines is 1. The van der Waals surface area contributed by atoms with Crippen LogP contribution in [0, 0.1) is 4.77 Å². The lowest BCUT2D eigenvalue weighted by Gasteiger charge is -1.99. The average molecular weight is 234 g/mol. The summed E-state index contributed by atoms with van der Waals surface area (Å²) in [6.45, 7) is 1.89. The highest BCUT2D eigenvalue weighted by atomic mass is 32.1. The van der Waals surface area contributed by atoms with E-state index < -0.39 is 0 Å². The summed E-state index contributed by atoms with van der Waals surface area (Å²) < 4.78 is 0.388. The summed E-state index contributed by atoms with van der Waals surface area (Å²) in [5, 5.41) is 9.57. The van der Waals surface area contributed by atoms with Gasteiger partial charge >= 0.3 is 0 Å². The van der Waals surface area contributed by atoms with Crippen molar-refractivity contribution in [2.75, 3.05) is 5.43 Å². The summed E-state index contributed by atoms with van der Waals surface area (Å²) in [5.74, 6) is 0.485. The van der Waals surface area contributed by atoms with Crippen LogP contribution in [0.15, 0.2) is 29.6 Å². The first kappa shape index (κ1) is 10.5. The van der Waals surface area contributed by atoms with Gasteiger partial charge in [-0.15, -0.1) is 0 Å². The molecule has 2 rings (SSSR count). The molecule has 7 heteroatoms. The summed E-state index contributed by atoms with van der Waals surface area (Å²) in [7, 11) is 0. The van der Waals surface area contributed by atoms with Crippen molar-refractivity contribution in [3.63, 3.8) is 0 Å². The van der Waals surface area contributed by atoms with Gasteiger partial charge in [-0.3, -0.25) is 15.2 Å². The molecule has 0 aliphatic heterocycles. The molecule has 0 aliphatic rings. The van der Waals surface area contributed by atoms with Crippen LogP contribution >= 0.6 is 12.2 Å². The first-order valence-electron chi connectivity index (χ1n) is 4.61. The number of H-pyrrole nitrogens is 2. The van der Waals surface area contributed by atoms with E-state index in [1.807, 2.05) is 19.1 Å². The molecule has 2 aromatic rings. The van der Waals surface area contributed by atoms with E-state index in [2.05, 4.69) is 30.7 Å². The van der Waals surface area contributed by atoms with Crippen molar-refractivity contribution in [2.45, 2.75) is 6.92 Å². The maximum absolute atomic E-state index is 4.81. The largest absolute Gasteiger partial charge is 0.272 e. The van der Waals surface area contributed by atoms with Crippen molar-refractivity contribution in [2.24, 2.45) is 5.10 Å². The Morgan fingerprint density at radius 3 is 2.75 bits per heavy atom. The lowest BCUT2D eigenvalue weighted by Crippen LogP contribution is -2.00. The summed E-state index contributed by atoms with van der Waals surface area (Å²) in [6, 6.07) is 3.76. The molecule has 0 atom stereocenters. The lowest BCUT2D eigenvalue weighted by molar-refractivity contribution is 1.07. The predicted molar refractivity (Wildman–Crippen MR) is 63.8 cm³/mol. The first-order valence-corrected chi connectivity index (χ1v) is 5.02. The second-order valence-corrected chi connectivity index (χ2v) is 3.45. The Hall–Kier alpha value is -2.02. The van der Waals surface area contributed by atoms with Crippen molar-refractivity contribution in [3.8, 4) is 0 Å². The van der Waals surface area contributed by atoms with Crippen LogP contribution in [0.5, 0.6) is 0 Å². The van der Waals surface area contributed by atoms with E-state index >= 15 is 0 Å². The number of pyridine rings is 1. The number of aromatic amines is 2. The minimum absolute atomic E-state index is 0.388. The molecule has 82 valence electrons. The molecule has 0 bridgehead atoms. The molecule has 3 N–H and O–H groups in total. The standard InChI is InChI=1S/C9H10N6S/c1-6(7-2-4-10-5-3-7)12-13-8-11-9(16)15-14-8/h2-5H,1H3,(H3,11,13,14,15,16)/b12-6+. The number of rotatable bonds is 3. The van der Waals surface area contributed by atoms with Crippen LogP contribution in [-0.4, -0.2) is 25.9 Å². The molecule has 0 unspecified atom stereocenters. The fourth-order valence-electron chi connectivity index (χ4n) is 1.12. The number of hydrazone groups is 1. The molecule has 0 spiro atoms. The molecule has 0 saturated heterocycles. The van der Waals surface area contributed by atoms with E-state index in [9.17, 15) is 0 Å². The van der Waals surface area contributed by atoms with Gasteiger partial charge in [-0.2, -0.15) is 10.1 Å². The van der Waals surface area contributed by atoms with Gasteiger partial charge in [0.1, 0.15) is 0 Å². The van der Waals surface area contributed by atoms with E-state index in [1.165, 1.54) is 0 Å². The molecule has 0 saturated carbocycles. The molecular weight excluding hydrogens is 224 g/mol. The predicted octanol–water partition coefficient (Wildman–Crippen LogP) is 1.70. The van der Waals surface area contributed by atoms with Gasteiger partial charge < -0.3 is 0 Å². The zero-order valence-electron chi connectivity index (χ0n) is 8.56. The van der Waals surface area contributed by atoms with Crippen molar-refractivity contribution in [1.29, 1.82) is 0 Å². The third kappa shape index (κ3) is 2.51. The van der Waals surface area contributed by atoms with E-state index in [-0.39, 0.29) is 0 Å². The topological polar surface area (TPSA) is 81.8 Å². The van der Waals surface area contributed by atoms with E-state index in [4.69, 9.17) is 12.2 Å². The normalized spacial score (nSPS) is 11.4. The Balaban J connectivity index is 2.11.